The van der Waals surface area contributed by atoms with Crippen LogP contribution >= 0.6 is 0 Å². The first-order valence-electron chi connectivity index (χ1n) is 5.91. The van der Waals surface area contributed by atoms with Crippen molar-refractivity contribution in [3.05, 3.63) is 30.1 Å². The number of nitrogens with one attached hydrogen (secondary N) is 2. The molecule has 0 saturated heterocycles. The van der Waals surface area contributed by atoms with Gasteiger partial charge in [0.2, 0.25) is 0 Å². The molecule has 0 aromatic heterocycles. The number of anilines is 1. The summed E-state index contributed by atoms with van der Waals surface area (Å²) < 4.78 is 12.7. The van der Waals surface area contributed by atoms with Gasteiger partial charge in [0, 0.05) is 12.2 Å². The summed E-state index contributed by atoms with van der Waals surface area (Å²) in [7, 11) is 0. The fourth-order valence-electron chi connectivity index (χ4n) is 1.20. The van der Waals surface area contributed by atoms with E-state index in [2.05, 4.69) is 10.6 Å². The second-order valence-electron chi connectivity index (χ2n) is 4.49. The smallest absolute Gasteiger partial charge is 0.313 e. The lowest BCUT2D eigenvalue weighted by Crippen LogP contribution is -2.44. The molecule has 0 spiro atoms. The lowest BCUT2D eigenvalue weighted by molar-refractivity contribution is -0.136. The van der Waals surface area contributed by atoms with Crippen LogP contribution in [0.15, 0.2) is 24.3 Å². The number of hydrogen-bond donors (Lipinski definition) is 3. The highest BCUT2D eigenvalue weighted by atomic mass is 19.1. The van der Waals surface area contributed by atoms with Crippen molar-refractivity contribution in [3.63, 3.8) is 0 Å². The Kier molecular flexibility index (Phi) is 5.00. The fourth-order valence-corrected chi connectivity index (χ4v) is 1.20. The Balaban J connectivity index is 2.49. The van der Waals surface area contributed by atoms with Gasteiger partial charge in [0.15, 0.2) is 0 Å². The number of halogens is 1. The summed E-state index contributed by atoms with van der Waals surface area (Å²) in [6.45, 7) is 3.31. The van der Waals surface area contributed by atoms with Gasteiger partial charge in [-0.05, 0) is 37.6 Å². The van der Waals surface area contributed by atoms with E-state index in [4.69, 9.17) is 0 Å². The summed E-state index contributed by atoms with van der Waals surface area (Å²) in [5.74, 6) is -2.14. The third-order valence-electron chi connectivity index (χ3n) is 2.70. The van der Waals surface area contributed by atoms with Crippen molar-refractivity contribution < 1.29 is 19.1 Å². The van der Waals surface area contributed by atoms with Crippen LogP contribution in [0.5, 0.6) is 0 Å². The molecule has 0 bridgehead atoms. The number of aliphatic hydroxyl groups is 1. The number of hydrogen-bond acceptors (Lipinski definition) is 3. The Morgan fingerprint density at radius 3 is 2.37 bits per heavy atom. The van der Waals surface area contributed by atoms with Gasteiger partial charge in [-0.3, -0.25) is 9.59 Å². The van der Waals surface area contributed by atoms with Gasteiger partial charge >= 0.3 is 11.8 Å². The van der Waals surface area contributed by atoms with Crippen LogP contribution in [0.25, 0.3) is 0 Å². The molecule has 2 amide bonds. The van der Waals surface area contributed by atoms with Crippen LogP contribution in [-0.2, 0) is 9.59 Å². The number of amides is 2. The summed E-state index contributed by atoms with van der Waals surface area (Å²) in [6, 6.07) is 5.05. The largest absolute Gasteiger partial charge is 0.388 e. The van der Waals surface area contributed by atoms with Gasteiger partial charge in [-0.1, -0.05) is 6.92 Å². The van der Waals surface area contributed by atoms with Crippen LogP contribution in [0, 0.1) is 5.82 Å². The lowest BCUT2D eigenvalue weighted by atomic mass is 10.0. The van der Waals surface area contributed by atoms with E-state index >= 15 is 0 Å². The van der Waals surface area contributed by atoms with Crippen molar-refractivity contribution in [2.24, 2.45) is 0 Å². The van der Waals surface area contributed by atoms with E-state index in [-0.39, 0.29) is 6.54 Å². The Bertz CT molecular complexity index is 457. The van der Waals surface area contributed by atoms with E-state index in [0.717, 1.165) is 0 Å². The van der Waals surface area contributed by atoms with E-state index < -0.39 is 23.2 Å². The SMILES string of the molecule is CCC(C)(O)CNC(=O)C(=O)Nc1ccc(F)cc1. The zero-order valence-electron chi connectivity index (χ0n) is 10.9. The van der Waals surface area contributed by atoms with Crippen molar-refractivity contribution >= 4 is 17.5 Å². The van der Waals surface area contributed by atoms with Gasteiger partial charge in [0.1, 0.15) is 5.82 Å². The first kappa shape index (κ1) is 15.1. The summed E-state index contributed by atoms with van der Waals surface area (Å²) in [4.78, 5) is 23.0. The molecule has 5 nitrogen and oxygen atoms in total. The van der Waals surface area contributed by atoms with Crippen molar-refractivity contribution in [1.82, 2.24) is 5.32 Å². The molecule has 1 rings (SSSR count). The van der Waals surface area contributed by atoms with Crippen LogP contribution in [0.3, 0.4) is 0 Å². The maximum Gasteiger partial charge on any atom is 0.313 e. The van der Waals surface area contributed by atoms with Crippen molar-refractivity contribution in [1.29, 1.82) is 0 Å². The average molecular weight is 268 g/mol. The molecule has 0 aliphatic carbocycles. The third kappa shape index (κ3) is 5.05. The molecule has 0 radical (unpaired) electrons. The molecule has 1 atom stereocenters. The van der Waals surface area contributed by atoms with Gasteiger partial charge in [0.25, 0.3) is 0 Å². The first-order valence-corrected chi connectivity index (χ1v) is 5.91. The first-order chi connectivity index (χ1) is 8.84. The average Bonchev–Trinajstić information content (AvgIpc) is 2.38. The van der Waals surface area contributed by atoms with Gasteiger partial charge in [-0.15, -0.1) is 0 Å². The minimum Gasteiger partial charge on any atom is -0.388 e. The van der Waals surface area contributed by atoms with E-state index in [9.17, 15) is 19.1 Å². The summed E-state index contributed by atoms with van der Waals surface area (Å²) in [5.41, 5.74) is -0.727. The molecule has 6 heteroatoms. The minimum absolute atomic E-state index is 0.0147. The molecule has 1 unspecified atom stereocenters. The quantitative estimate of drug-likeness (QED) is 0.714. The Morgan fingerprint density at radius 1 is 1.26 bits per heavy atom. The topological polar surface area (TPSA) is 78.4 Å². The third-order valence-corrected chi connectivity index (χ3v) is 2.70. The Hall–Kier alpha value is -1.95. The van der Waals surface area contributed by atoms with Crippen LogP contribution in [-0.4, -0.2) is 29.1 Å². The number of carbonyl (C=O) groups excluding carboxylic acids is 2. The monoisotopic (exact) mass is 268 g/mol. The van der Waals surface area contributed by atoms with Crippen LogP contribution in [0.1, 0.15) is 20.3 Å². The maximum atomic E-state index is 12.7. The molecule has 0 heterocycles. The molecular formula is C13H17FN2O3. The normalized spacial score (nSPS) is 13.5. The summed E-state index contributed by atoms with van der Waals surface area (Å²) in [5, 5.41) is 14.3. The highest BCUT2D eigenvalue weighted by Gasteiger charge is 2.21. The standard InChI is InChI=1S/C13H17FN2O3/c1-3-13(2,19)8-15-11(17)12(18)16-10-6-4-9(14)5-7-10/h4-7,19H,3,8H2,1-2H3,(H,15,17)(H,16,18). The molecule has 104 valence electrons. The number of rotatable bonds is 4. The highest BCUT2D eigenvalue weighted by Crippen LogP contribution is 2.08. The van der Waals surface area contributed by atoms with Gasteiger partial charge in [0.05, 0.1) is 5.60 Å². The van der Waals surface area contributed by atoms with Crippen molar-refractivity contribution in [2.45, 2.75) is 25.9 Å². The van der Waals surface area contributed by atoms with Crippen LogP contribution < -0.4 is 10.6 Å². The second kappa shape index (κ2) is 6.29. The molecule has 0 fully saturated rings. The highest BCUT2D eigenvalue weighted by molar-refractivity contribution is 6.39. The van der Waals surface area contributed by atoms with Crippen LogP contribution in [0.2, 0.25) is 0 Å². The Labute approximate surface area is 110 Å². The zero-order valence-corrected chi connectivity index (χ0v) is 10.9. The van der Waals surface area contributed by atoms with Crippen LogP contribution in [0.4, 0.5) is 10.1 Å². The molecule has 19 heavy (non-hydrogen) atoms. The molecule has 0 aliphatic rings. The number of carbonyl (C=O) groups is 2. The predicted octanol–water partition coefficient (Wildman–Crippen LogP) is 1.04. The molecule has 1 aromatic carbocycles. The van der Waals surface area contributed by atoms with Crippen molar-refractivity contribution in [3.8, 4) is 0 Å². The second-order valence-corrected chi connectivity index (χ2v) is 4.49. The maximum absolute atomic E-state index is 12.7. The van der Waals surface area contributed by atoms with Gasteiger partial charge in [-0.2, -0.15) is 0 Å². The van der Waals surface area contributed by atoms with Crippen molar-refractivity contribution in [2.75, 3.05) is 11.9 Å². The molecule has 0 saturated carbocycles. The molecule has 1 aromatic rings. The molecule has 0 aliphatic heterocycles. The van der Waals surface area contributed by atoms with Gasteiger partial charge < -0.3 is 15.7 Å². The van der Waals surface area contributed by atoms with E-state index in [0.29, 0.717) is 12.1 Å². The number of benzene rings is 1. The van der Waals surface area contributed by atoms with E-state index in [1.54, 1.807) is 13.8 Å². The minimum atomic E-state index is -1.05. The van der Waals surface area contributed by atoms with E-state index in [1.807, 2.05) is 0 Å². The Morgan fingerprint density at radius 2 is 1.84 bits per heavy atom. The molecular weight excluding hydrogens is 251 g/mol. The summed E-state index contributed by atoms with van der Waals surface area (Å²) in [6.07, 6.45) is 0.451. The summed E-state index contributed by atoms with van der Waals surface area (Å²) >= 11 is 0. The van der Waals surface area contributed by atoms with Gasteiger partial charge in [-0.25, -0.2) is 4.39 Å². The predicted molar refractivity (Wildman–Crippen MR) is 69.0 cm³/mol. The lowest BCUT2D eigenvalue weighted by Gasteiger charge is -2.21. The fraction of sp³-hybridized carbons (Fsp3) is 0.385. The molecule has 3 N–H and O–H groups in total. The van der Waals surface area contributed by atoms with E-state index in [1.165, 1.54) is 24.3 Å². The zero-order chi connectivity index (χ0) is 14.5.